The van der Waals surface area contributed by atoms with Crippen LogP contribution in [-0.2, 0) is 0 Å². The summed E-state index contributed by atoms with van der Waals surface area (Å²) in [6.45, 7) is 7.36. The molecule has 0 aromatic rings. The van der Waals surface area contributed by atoms with Gasteiger partial charge in [0.1, 0.15) is 0 Å². The van der Waals surface area contributed by atoms with Gasteiger partial charge in [0.2, 0.25) is 0 Å². The van der Waals surface area contributed by atoms with E-state index in [-0.39, 0.29) is 0 Å². The fourth-order valence-electron chi connectivity index (χ4n) is 1.40. The summed E-state index contributed by atoms with van der Waals surface area (Å²) >= 11 is 0. The van der Waals surface area contributed by atoms with Crippen LogP contribution in [0.4, 0.5) is 0 Å². The summed E-state index contributed by atoms with van der Waals surface area (Å²) in [7, 11) is 2.19. The molecule has 0 aromatic heterocycles. The summed E-state index contributed by atoms with van der Waals surface area (Å²) < 4.78 is 0. The van der Waals surface area contributed by atoms with Gasteiger partial charge < -0.3 is 0 Å². The molecule has 1 heteroatoms. The van der Waals surface area contributed by atoms with E-state index in [9.17, 15) is 0 Å². The molecule has 1 aliphatic rings. The van der Waals surface area contributed by atoms with Crippen LogP contribution in [0.5, 0.6) is 0 Å². The second-order valence-corrected chi connectivity index (χ2v) is 2.72. The molecule has 0 aromatic carbocycles. The lowest BCUT2D eigenvalue weighted by Crippen LogP contribution is -2.22. The summed E-state index contributed by atoms with van der Waals surface area (Å²) in [4.78, 5) is 2.40. The van der Waals surface area contributed by atoms with E-state index in [0.717, 1.165) is 6.04 Å². The van der Waals surface area contributed by atoms with Crippen LogP contribution in [0.3, 0.4) is 0 Å². The molecule has 66 valence electrons. The van der Waals surface area contributed by atoms with Gasteiger partial charge in [-0.05, 0) is 33.4 Å². The zero-order chi connectivity index (χ0) is 8.69. The lowest BCUT2D eigenvalue weighted by Gasteiger charge is -2.14. The highest BCUT2D eigenvalue weighted by Crippen LogP contribution is 2.14. The molecule has 1 aliphatic heterocycles. The molecule has 1 fully saturated rings. The number of hydrogen-bond acceptors (Lipinski definition) is 1. The first kappa shape index (κ1) is 10.7. The third-order valence-corrected chi connectivity index (χ3v) is 1.99. The van der Waals surface area contributed by atoms with Gasteiger partial charge in [0.15, 0.2) is 0 Å². The Labute approximate surface area is 71.1 Å². The molecule has 1 atom stereocenters. The van der Waals surface area contributed by atoms with Gasteiger partial charge in [0.05, 0.1) is 0 Å². The van der Waals surface area contributed by atoms with Crippen molar-refractivity contribution in [1.29, 1.82) is 0 Å². The van der Waals surface area contributed by atoms with E-state index < -0.39 is 0 Å². The molecule has 0 amide bonds. The lowest BCUT2D eigenvalue weighted by molar-refractivity contribution is 0.357. The molecule has 0 N–H and O–H groups in total. The predicted octanol–water partition coefficient (Wildman–Crippen LogP) is 2.68. The van der Waals surface area contributed by atoms with E-state index in [4.69, 9.17) is 0 Å². The molecule has 1 nitrogen and oxygen atoms in total. The van der Waals surface area contributed by atoms with Gasteiger partial charge in [0.25, 0.3) is 0 Å². The zero-order valence-corrected chi connectivity index (χ0v) is 8.30. The van der Waals surface area contributed by atoms with Gasteiger partial charge in [-0.15, -0.1) is 0 Å². The Morgan fingerprint density at radius 1 is 1.36 bits per heavy atom. The number of rotatable bonds is 1. The quantitative estimate of drug-likeness (QED) is 0.526. The highest BCUT2D eigenvalue weighted by molar-refractivity contribution is 4.94. The molecular formula is C10H21N. The van der Waals surface area contributed by atoms with Crippen molar-refractivity contribution in [2.24, 2.45) is 0 Å². The van der Waals surface area contributed by atoms with Crippen LogP contribution < -0.4 is 0 Å². The zero-order valence-electron chi connectivity index (χ0n) is 8.30. The number of allylic oxidation sites excluding steroid dienone is 1. The van der Waals surface area contributed by atoms with Crippen LogP contribution in [0.2, 0.25) is 0 Å². The highest BCUT2D eigenvalue weighted by Gasteiger charge is 2.16. The van der Waals surface area contributed by atoms with Crippen LogP contribution in [0.1, 0.15) is 33.6 Å². The van der Waals surface area contributed by atoms with E-state index in [1.807, 2.05) is 13.8 Å². The van der Waals surface area contributed by atoms with E-state index in [1.165, 1.54) is 19.4 Å². The molecule has 11 heavy (non-hydrogen) atoms. The van der Waals surface area contributed by atoms with Crippen molar-refractivity contribution in [3.8, 4) is 0 Å². The maximum absolute atomic E-state index is 2.40. The number of nitrogens with zero attached hydrogens (tertiary/aromatic N) is 1. The fourth-order valence-corrected chi connectivity index (χ4v) is 1.40. The highest BCUT2D eigenvalue weighted by atomic mass is 15.1. The molecule has 1 heterocycles. The molecule has 0 radical (unpaired) electrons. The summed E-state index contributed by atoms with van der Waals surface area (Å²) in [6.07, 6.45) is 7.14. The fraction of sp³-hybridized carbons (Fsp3) is 0.800. The Morgan fingerprint density at radius 3 is 2.36 bits per heavy atom. The van der Waals surface area contributed by atoms with Crippen LogP contribution in [0, 0.1) is 0 Å². The van der Waals surface area contributed by atoms with Crippen molar-refractivity contribution in [3.63, 3.8) is 0 Å². The first-order valence-corrected chi connectivity index (χ1v) is 4.67. The average Bonchev–Trinajstić information content (AvgIpc) is 2.42. The largest absolute Gasteiger partial charge is 0.300 e. The predicted molar refractivity (Wildman–Crippen MR) is 51.8 cm³/mol. The molecule has 0 bridgehead atoms. The number of likely N-dealkylation sites (N-methyl/N-ethyl adjacent to an activating group) is 1. The van der Waals surface area contributed by atoms with Gasteiger partial charge in [-0.3, -0.25) is 4.90 Å². The summed E-state index contributed by atoms with van der Waals surface area (Å²) in [5.74, 6) is 0. The molecule has 1 rings (SSSR count). The average molecular weight is 155 g/mol. The standard InChI is InChI=1S/C8H15N.C2H6/c1-3-5-8-6-4-7-9(8)2;1-2/h3,5,8H,4,6-7H2,1-2H3;1-2H3/b5-3-;. The Bertz CT molecular complexity index is 107. The van der Waals surface area contributed by atoms with E-state index in [0.29, 0.717) is 0 Å². The van der Waals surface area contributed by atoms with Crippen molar-refractivity contribution in [2.45, 2.75) is 39.7 Å². The van der Waals surface area contributed by atoms with Crippen LogP contribution in [0.25, 0.3) is 0 Å². The Morgan fingerprint density at radius 2 is 2.00 bits per heavy atom. The maximum atomic E-state index is 2.40. The van der Waals surface area contributed by atoms with Crippen molar-refractivity contribution < 1.29 is 0 Å². The Balaban J connectivity index is 0.000000461. The van der Waals surface area contributed by atoms with Crippen LogP contribution in [0.15, 0.2) is 12.2 Å². The summed E-state index contributed by atoms with van der Waals surface area (Å²) in [5, 5.41) is 0. The molecule has 0 aliphatic carbocycles. The van der Waals surface area contributed by atoms with Crippen molar-refractivity contribution >= 4 is 0 Å². The summed E-state index contributed by atoms with van der Waals surface area (Å²) in [5.41, 5.74) is 0. The van der Waals surface area contributed by atoms with Crippen LogP contribution >= 0.6 is 0 Å². The Hall–Kier alpha value is -0.300. The van der Waals surface area contributed by atoms with Crippen molar-refractivity contribution in [2.75, 3.05) is 13.6 Å². The third-order valence-electron chi connectivity index (χ3n) is 1.99. The molecule has 0 saturated carbocycles. The van der Waals surface area contributed by atoms with E-state index >= 15 is 0 Å². The summed E-state index contributed by atoms with van der Waals surface area (Å²) in [6, 6.07) is 0.731. The molecular weight excluding hydrogens is 134 g/mol. The Kier molecular flexibility index (Phi) is 6.24. The van der Waals surface area contributed by atoms with Gasteiger partial charge in [-0.1, -0.05) is 26.0 Å². The minimum absolute atomic E-state index is 0.731. The van der Waals surface area contributed by atoms with Gasteiger partial charge in [-0.2, -0.15) is 0 Å². The van der Waals surface area contributed by atoms with E-state index in [1.54, 1.807) is 0 Å². The lowest BCUT2D eigenvalue weighted by atomic mass is 10.2. The second kappa shape index (κ2) is 6.41. The van der Waals surface area contributed by atoms with Gasteiger partial charge in [0, 0.05) is 6.04 Å². The van der Waals surface area contributed by atoms with Crippen LogP contribution in [-0.4, -0.2) is 24.5 Å². The van der Waals surface area contributed by atoms with Crippen molar-refractivity contribution in [1.82, 2.24) is 4.90 Å². The van der Waals surface area contributed by atoms with Gasteiger partial charge in [-0.25, -0.2) is 0 Å². The maximum Gasteiger partial charge on any atom is 0.0275 e. The minimum atomic E-state index is 0.731. The third kappa shape index (κ3) is 3.57. The first-order chi connectivity index (χ1) is 5.34. The van der Waals surface area contributed by atoms with Crippen molar-refractivity contribution in [3.05, 3.63) is 12.2 Å². The molecule has 1 saturated heterocycles. The van der Waals surface area contributed by atoms with Gasteiger partial charge >= 0.3 is 0 Å². The number of hydrogen-bond donors (Lipinski definition) is 0. The smallest absolute Gasteiger partial charge is 0.0275 e. The number of likely N-dealkylation sites (tertiary alicyclic amines) is 1. The minimum Gasteiger partial charge on any atom is -0.300 e. The normalized spacial score (nSPS) is 25.3. The first-order valence-electron chi connectivity index (χ1n) is 4.67. The molecule has 0 spiro atoms. The molecule has 1 unspecified atom stereocenters. The SMILES string of the molecule is C/C=C\C1CCCN1C.CC. The second-order valence-electron chi connectivity index (χ2n) is 2.72. The monoisotopic (exact) mass is 155 g/mol. The van der Waals surface area contributed by atoms with E-state index in [2.05, 4.69) is 31.0 Å². The topological polar surface area (TPSA) is 3.24 Å².